The van der Waals surface area contributed by atoms with Crippen LogP contribution in [0, 0.1) is 19.8 Å². The first-order valence-corrected chi connectivity index (χ1v) is 12.5. The summed E-state index contributed by atoms with van der Waals surface area (Å²) in [5, 5.41) is 16.7. The number of carboxylic acid groups (broad SMARTS) is 2. The lowest BCUT2D eigenvalue weighted by Gasteiger charge is -2.06. The van der Waals surface area contributed by atoms with Crippen molar-refractivity contribution in [1.29, 1.82) is 0 Å². The molecular weight excluding hydrogens is 448 g/mol. The Balaban J connectivity index is 0.000000215. The van der Waals surface area contributed by atoms with Gasteiger partial charge in [-0.2, -0.15) is 0 Å². The second-order valence-electron chi connectivity index (χ2n) is 9.39. The monoisotopic (exact) mass is 486 g/mol. The molecule has 0 heterocycles. The number of aromatic carboxylic acids is 1. The van der Waals surface area contributed by atoms with Crippen LogP contribution in [-0.4, -0.2) is 22.2 Å². The summed E-state index contributed by atoms with van der Waals surface area (Å²) in [6.45, 7) is 8.06. The fourth-order valence-corrected chi connectivity index (χ4v) is 3.84. The molecule has 0 fully saturated rings. The van der Waals surface area contributed by atoms with E-state index in [-0.39, 0.29) is 0 Å². The molecular formula is C32H38O4. The molecule has 0 saturated carbocycles. The van der Waals surface area contributed by atoms with Crippen molar-refractivity contribution >= 4 is 18.0 Å². The average molecular weight is 487 g/mol. The Kier molecular flexibility index (Phi) is 11.6. The number of fused-ring (bicyclic) bond motifs is 1. The molecule has 0 aromatic heterocycles. The SMILES string of the molecule is CC[C@H](C)CC(=O)O.Cc1ccc(C(=O)O)cc1.Cc1ccccc1CCC1=Cc2ccccc2C1. The van der Waals surface area contributed by atoms with E-state index in [0.717, 1.165) is 24.8 Å². The largest absolute Gasteiger partial charge is 0.481 e. The Morgan fingerprint density at radius 2 is 1.50 bits per heavy atom. The number of aliphatic carboxylic acids is 1. The Bertz CT molecular complexity index is 1160. The van der Waals surface area contributed by atoms with E-state index in [4.69, 9.17) is 10.2 Å². The average Bonchev–Trinajstić information content (AvgIpc) is 3.27. The van der Waals surface area contributed by atoms with Crippen molar-refractivity contribution < 1.29 is 19.8 Å². The number of allylic oxidation sites excluding steroid dienone is 1. The summed E-state index contributed by atoms with van der Waals surface area (Å²) < 4.78 is 0. The fourth-order valence-electron chi connectivity index (χ4n) is 3.84. The van der Waals surface area contributed by atoms with Crippen LogP contribution in [0.3, 0.4) is 0 Å². The van der Waals surface area contributed by atoms with Crippen molar-refractivity contribution in [2.24, 2.45) is 5.92 Å². The second kappa shape index (κ2) is 14.7. The number of rotatable bonds is 7. The lowest BCUT2D eigenvalue weighted by molar-refractivity contribution is -0.137. The van der Waals surface area contributed by atoms with Gasteiger partial charge in [0.25, 0.3) is 0 Å². The van der Waals surface area contributed by atoms with Crippen LogP contribution in [-0.2, 0) is 17.6 Å². The molecule has 4 heteroatoms. The summed E-state index contributed by atoms with van der Waals surface area (Å²) in [6.07, 6.45) is 7.10. The minimum absolute atomic E-state index is 0.302. The van der Waals surface area contributed by atoms with E-state index in [1.165, 1.54) is 28.7 Å². The van der Waals surface area contributed by atoms with Crippen molar-refractivity contribution in [2.45, 2.75) is 59.8 Å². The number of carboxylic acids is 2. The van der Waals surface area contributed by atoms with E-state index in [1.54, 1.807) is 29.8 Å². The van der Waals surface area contributed by atoms with Gasteiger partial charge in [0.05, 0.1) is 5.56 Å². The second-order valence-corrected chi connectivity index (χ2v) is 9.39. The Hall–Kier alpha value is -3.66. The number of carbonyl (C=O) groups is 2. The minimum Gasteiger partial charge on any atom is -0.481 e. The molecule has 0 radical (unpaired) electrons. The maximum atomic E-state index is 10.3. The summed E-state index contributed by atoms with van der Waals surface area (Å²) >= 11 is 0. The first-order chi connectivity index (χ1) is 17.2. The molecule has 3 aromatic rings. The smallest absolute Gasteiger partial charge is 0.335 e. The number of hydrogen-bond acceptors (Lipinski definition) is 2. The van der Waals surface area contributed by atoms with Crippen LogP contribution in [0.4, 0.5) is 0 Å². The molecule has 1 aliphatic rings. The first-order valence-electron chi connectivity index (χ1n) is 12.5. The summed E-state index contributed by atoms with van der Waals surface area (Å²) in [6, 6.07) is 24.2. The molecule has 4 rings (SSSR count). The van der Waals surface area contributed by atoms with Crippen molar-refractivity contribution in [2.75, 3.05) is 0 Å². The number of benzene rings is 3. The highest BCUT2D eigenvalue weighted by atomic mass is 16.4. The third-order valence-corrected chi connectivity index (χ3v) is 6.33. The highest BCUT2D eigenvalue weighted by Crippen LogP contribution is 2.27. The van der Waals surface area contributed by atoms with Gasteiger partial charge in [-0.05, 0) is 73.4 Å². The fraction of sp³-hybridized carbons (Fsp3) is 0.312. The molecule has 4 nitrogen and oxygen atoms in total. The summed E-state index contributed by atoms with van der Waals surface area (Å²) in [5.74, 6) is -1.24. The zero-order chi connectivity index (χ0) is 26.5. The zero-order valence-corrected chi connectivity index (χ0v) is 21.8. The quantitative estimate of drug-likeness (QED) is 0.358. The highest BCUT2D eigenvalue weighted by molar-refractivity contribution is 5.87. The summed E-state index contributed by atoms with van der Waals surface area (Å²) in [4.78, 5) is 20.3. The topological polar surface area (TPSA) is 74.6 Å². The van der Waals surface area contributed by atoms with Gasteiger partial charge in [0, 0.05) is 6.42 Å². The van der Waals surface area contributed by atoms with E-state index in [1.807, 2.05) is 20.8 Å². The van der Waals surface area contributed by atoms with Crippen LogP contribution in [0.25, 0.3) is 6.08 Å². The molecule has 0 spiro atoms. The molecule has 3 aromatic carbocycles. The maximum absolute atomic E-state index is 10.3. The Labute approximate surface area is 215 Å². The van der Waals surface area contributed by atoms with Crippen LogP contribution < -0.4 is 0 Å². The zero-order valence-electron chi connectivity index (χ0n) is 21.8. The Morgan fingerprint density at radius 3 is 2.06 bits per heavy atom. The highest BCUT2D eigenvalue weighted by Gasteiger charge is 2.11. The maximum Gasteiger partial charge on any atom is 0.335 e. The number of aryl methyl sites for hydroxylation is 3. The van der Waals surface area contributed by atoms with Crippen molar-refractivity contribution in [3.63, 3.8) is 0 Å². The van der Waals surface area contributed by atoms with Gasteiger partial charge in [-0.15, -0.1) is 0 Å². The third-order valence-electron chi connectivity index (χ3n) is 6.33. The van der Waals surface area contributed by atoms with Crippen LogP contribution in [0.2, 0.25) is 0 Å². The van der Waals surface area contributed by atoms with Crippen molar-refractivity contribution in [1.82, 2.24) is 0 Å². The van der Waals surface area contributed by atoms with Gasteiger partial charge in [0.1, 0.15) is 0 Å². The summed E-state index contributed by atoms with van der Waals surface area (Å²) in [7, 11) is 0. The van der Waals surface area contributed by atoms with Crippen LogP contribution in [0.1, 0.15) is 71.3 Å². The molecule has 1 atom stereocenters. The van der Waals surface area contributed by atoms with Crippen LogP contribution in [0.5, 0.6) is 0 Å². The van der Waals surface area contributed by atoms with Gasteiger partial charge < -0.3 is 10.2 Å². The predicted octanol–water partition coefficient (Wildman–Crippen LogP) is 7.77. The van der Waals surface area contributed by atoms with Gasteiger partial charge in [-0.1, -0.05) is 98.1 Å². The normalized spacial score (nSPS) is 12.2. The molecule has 0 unspecified atom stereocenters. The molecule has 190 valence electrons. The van der Waals surface area contributed by atoms with Gasteiger partial charge in [-0.3, -0.25) is 4.79 Å². The molecule has 0 saturated heterocycles. The molecule has 2 N–H and O–H groups in total. The standard InChI is InChI=1S/C18H18.C8H8O2.C6H12O2/c1-14-6-2-3-7-16(14)11-10-15-12-17-8-4-5-9-18(17)13-15;1-6-2-4-7(5-3-6)8(9)10;1-3-5(2)4-6(7)8/h2-9,12H,10-11,13H2,1H3;2-5H,1H3,(H,9,10);5H,3-4H2,1-2H3,(H,7,8)/t;;5-/m..0/s1. The predicted molar refractivity (Wildman–Crippen MR) is 147 cm³/mol. The third kappa shape index (κ3) is 9.91. The molecule has 0 amide bonds. The van der Waals surface area contributed by atoms with Gasteiger partial charge in [-0.25, -0.2) is 4.79 Å². The van der Waals surface area contributed by atoms with E-state index >= 15 is 0 Å². The van der Waals surface area contributed by atoms with E-state index < -0.39 is 11.9 Å². The molecule has 0 aliphatic heterocycles. The van der Waals surface area contributed by atoms with E-state index in [9.17, 15) is 9.59 Å². The molecule has 1 aliphatic carbocycles. The first kappa shape index (κ1) is 28.6. The van der Waals surface area contributed by atoms with Gasteiger partial charge >= 0.3 is 11.9 Å². The van der Waals surface area contributed by atoms with Crippen LogP contribution in [0.15, 0.2) is 78.4 Å². The lowest BCUT2D eigenvalue weighted by Crippen LogP contribution is -2.02. The van der Waals surface area contributed by atoms with E-state index in [0.29, 0.717) is 17.9 Å². The Morgan fingerprint density at radius 1 is 0.861 bits per heavy atom. The van der Waals surface area contributed by atoms with Crippen molar-refractivity contribution in [3.05, 3.63) is 112 Å². The van der Waals surface area contributed by atoms with Crippen molar-refractivity contribution in [3.8, 4) is 0 Å². The summed E-state index contributed by atoms with van der Waals surface area (Å²) in [5.41, 5.74) is 8.77. The van der Waals surface area contributed by atoms with Crippen LogP contribution >= 0.6 is 0 Å². The molecule has 0 bridgehead atoms. The molecule has 36 heavy (non-hydrogen) atoms. The van der Waals surface area contributed by atoms with Gasteiger partial charge in [0.2, 0.25) is 0 Å². The van der Waals surface area contributed by atoms with E-state index in [2.05, 4.69) is 61.5 Å². The minimum atomic E-state index is -0.875. The lowest BCUT2D eigenvalue weighted by atomic mass is 10.00. The van der Waals surface area contributed by atoms with Gasteiger partial charge in [0.15, 0.2) is 0 Å². The number of hydrogen-bond donors (Lipinski definition) is 2.